The van der Waals surface area contributed by atoms with Crippen LogP contribution in [-0.2, 0) is 9.53 Å². The van der Waals surface area contributed by atoms with E-state index < -0.39 is 6.10 Å². The normalized spacial score (nSPS) is 15.7. The van der Waals surface area contributed by atoms with Gasteiger partial charge in [0.05, 0.1) is 32.9 Å². The molecular formula is C21H36IN5O4. The van der Waals surface area contributed by atoms with Crippen LogP contribution in [0.3, 0.4) is 0 Å². The van der Waals surface area contributed by atoms with Crippen LogP contribution in [0.4, 0.5) is 0 Å². The highest BCUT2D eigenvalue weighted by atomic mass is 127. The van der Waals surface area contributed by atoms with E-state index in [1.165, 1.54) is 0 Å². The zero-order valence-electron chi connectivity index (χ0n) is 18.7. The molecular weight excluding hydrogens is 513 g/mol. The number of piperazine rings is 1. The fourth-order valence-electron chi connectivity index (χ4n) is 3.20. The molecule has 1 aromatic rings. The maximum atomic E-state index is 12.0. The number of ether oxygens (including phenoxy) is 2. The largest absolute Gasteiger partial charge is 0.497 e. The van der Waals surface area contributed by atoms with Crippen molar-refractivity contribution in [3.05, 3.63) is 29.8 Å². The Kier molecular flexibility index (Phi) is 13.5. The Balaban J connectivity index is 0.00000480. The molecule has 3 N–H and O–H groups in total. The highest BCUT2D eigenvalue weighted by molar-refractivity contribution is 14.0. The first kappa shape index (κ1) is 27.4. The molecule has 1 heterocycles. The minimum Gasteiger partial charge on any atom is -0.497 e. The van der Waals surface area contributed by atoms with E-state index in [1.54, 1.807) is 14.2 Å². The van der Waals surface area contributed by atoms with E-state index >= 15 is 0 Å². The minimum absolute atomic E-state index is 0. The monoisotopic (exact) mass is 549 g/mol. The van der Waals surface area contributed by atoms with Gasteiger partial charge in [0.15, 0.2) is 5.96 Å². The van der Waals surface area contributed by atoms with Crippen molar-refractivity contribution in [1.82, 2.24) is 20.4 Å². The highest BCUT2D eigenvalue weighted by Crippen LogP contribution is 2.18. The average Bonchev–Trinajstić information content (AvgIpc) is 2.77. The standard InChI is InChI=1S/C21H35N5O4.HI/c1-4-22-21(24-15-19(27)17-5-7-18(30-3)8-6-17)26-12-10-25(11-13-26)16-20(28)23-9-14-29-2;/h5-8,19,27H,4,9-16H2,1-3H3,(H,22,24)(H,23,28);1H. The van der Waals surface area contributed by atoms with Crippen molar-refractivity contribution in [2.24, 2.45) is 4.99 Å². The lowest BCUT2D eigenvalue weighted by atomic mass is 10.1. The quantitative estimate of drug-likeness (QED) is 0.171. The van der Waals surface area contributed by atoms with Crippen LogP contribution in [0.2, 0.25) is 0 Å². The second-order valence-electron chi connectivity index (χ2n) is 7.09. The van der Waals surface area contributed by atoms with Crippen molar-refractivity contribution in [1.29, 1.82) is 0 Å². The van der Waals surface area contributed by atoms with Crippen LogP contribution >= 0.6 is 24.0 Å². The maximum absolute atomic E-state index is 12.0. The molecule has 1 aliphatic heterocycles. The number of carbonyl (C=O) groups is 1. The lowest BCUT2D eigenvalue weighted by Gasteiger charge is -2.36. The second kappa shape index (κ2) is 15.2. The second-order valence-corrected chi connectivity index (χ2v) is 7.09. The molecule has 0 aromatic heterocycles. The molecule has 1 amide bonds. The first-order valence-electron chi connectivity index (χ1n) is 10.4. The Morgan fingerprint density at radius 2 is 1.84 bits per heavy atom. The third kappa shape index (κ3) is 9.58. The van der Waals surface area contributed by atoms with E-state index in [0.29, 0.717) is 19.7 Å². The molecule has 31 heavy (non-hydrogen) atoms. The number of amides is 1. The third-order valence-corrected chi connectivity index (χ3v) is 4.92. The number of hydrogen-bond acceptors (Lipinski definition) is 6. The van der Waals surface area contributed by atoms with Crippen molar-refractivity contribution in [2.75, 3.05) is 73.2 Å². The molecule has 176 valence electrons. The summed E-state index contributed by atoms with van der Waals surface area (Å²) in [6.07, 6.45) is -0.679. The number of nitrogens with one attached hydrogen (secondary N) is 2. The smallest absolute Gasteiger partial charge is 0.234 e. The summed E-state index contributed by atoms with van der Waals surface area (Å²) >= 11 is 0. The maximum Gasteiger partial charge on any atom is 0.234 e. The van der Waals surface area contributed by atoms with Crippen LogP contribution in [0.15, 0.2) is 29.3 Å². The Morgan fingerprint density at radius 3 is 2.42 bits per heavy atom. The van der Waals surface area contributed by atoms with E-state index in [1.807, 2.05) is 31.2 Å². The molecule has 9 nitrogen and oxygen atoms in total. The van der Waals surface area contributed by atoms with E-state index in [2.05, 4.69) is 25.4 Å². The molecule has 2 rings (SSSR count). The molecule has 1 aliphatic rings. The molecule has 1 fully saturated rings. The van der Waals surface area contributed by atoms with Gasteiger partial charge >= 0.3 is 0 Å². The van der Waals surface area contributed by atoms with Gasteiger partial charge in [-0.2, -0.15) is 0 Å². The summed E-state index contributed by atoms with van der Waals surface area (Å²) < 4.78 is 10.1. The molecule has 0 saturated carbocycles. The summed E-state index contributed by atoms with van der Waals surface area (Å²) in [6.45, 7) is 7.60. The van der Waals surface area contributed by atoms with Crippen LogP contribution < -0.4 is 15.4 Å². The molecule has 0 spiro atoms. The fraction of sp³-hybridized carbons (Fsp3) is 0.619. The predicted octanol–water partition coefficient (Wildman–Crippen LogP) is 0.692. The summed E-state index contributed by atoms with van der Waals surface area (Å²) in [7, 11) is 3.23. The number of halogens is 1. The summed E-state index contributed by atoms with van der Waals surface area (Å²) in [5, 5.41) is 16.6. The minimum atomic E-state index is -0.679. The fourth-order valence-corrected chi connectivity index (χ4v) is 3.20. The van der Waals surface area contributed by atoms with Gasteiger partial charge in [0.1, 0.15) is 5.75 Å². The number of aliphatic hydroxyl groups is 1. The third-order valence-electron chi connectivity index (χ3n) is 4.92. The van der Waals surface area contributed by atoms with Crippen molar-refractivity contribution in [3.63, 3.8) is 0 Å². The van der Waals surface area contributed by atoms with Gasteiger partial charge in [0.2, 0.25) is 5.91 Å². The van der Waals surface area contributed by atoms with E-state index in [-0.39, 0.29) is 36.4 Å². The lowest BCUT2D eigenvalue weighted by Crippen LogP contribution is -2.54. The van der Waals surface area contributed by atoms with Crippen molar-refractivity contribution in [3.8, 4) is 5.75 Å². The molecule has 1 aromatic carbocycles. The van der Waals surface area contributed by atoms with Crippen molar-refractivity contribution >= 4 is 35.8 Å². The van der Waals surface area contributed by atoms with Gasteiger partial charge in [-0.25, -0.2) is 0 Å². The van der Waals surface area contributed by atoms with Gasteiger partial charge in [-0.15, -0.1) is 24.0 Å². The first-order valence-corrected chi connectivity index (χ1v) is 10.4. The summed E-state index contributed by atoms with van der Waals surface area (Å²) in [5.74, 6) is 1.56. The van der Waals surface area contributed by atoms with Crippen LogP contribution in [0, 0.1) is 0 Å². The number of carbonyl (C=O) groups excluding carboxylic acids is 1. The Morgan fingerprint density at radius 1 is 1.16 bits per heavy atom. The molecule has 0 bridgehead atoms. The van der Waals surface area contributed by atoms with Gasteiger partial charge in [0.25, 0.3) is 0 Å². The summed E-state index contributed by atoms with van der Waals surface area (Å²) in [5.41, 5.74) is 0.805. The molecule has 0 aliphatic carbocycles. The Bertz CT molecular complexity index is 666. The van der Waals surface area contributed by atoms with Gasteiger partial charge < -0.3 is 30.1 Å². The zero-order chi connectivity index (χ0) is 21.8. The number of nitrogens with zero attached hydrogens (tertiary/aromatic N) is 3. The van der Waals surface area contributed by atoms with Crippen molar-refractivity contribution in [2.45, 2.75) is 13.0 Å². The summed E-state index contributed by atoms with van der Waals surface area (Å²) in [4.78, 5) is 20.9. The van der Waals surface area contributed by atoms with E-state index in [0.717, 1.165) is 50.0 Å². The van der Waals surface area contributed by atoms with Crippen LogP contribution in [-0.4, -0.2) is 100.0 Å². The average molecular weight is 549 g/mol. The van der Waals surface area contributed by atoms with Gasteiger partial charge in [-0.1, -0.05) is 12.1 Å². The number of guanidine groups is 1. The topological polar surface area (TPSA) is 98.7 Å². The van der Waals surface area contributed by atoms with Gasteiger partial charge in [0, 0.05) is 46.4 Å². The van der Waals surface area contributed by atoms with Crippen LogP contribution in [0.1, 0.15) is 18.6 Å². The number of benzene rings is 1. The molecule has 1 saturated heterocycles. The molecule has 1 unspecified atom stereocenters. The Labute approximate surface area is 202 Å². The number of hydrogen-bond donors (Lipinski definition) is 3. The van der Waals surface area contributed by atoms with Gasteiger partial charge in [-0.05, 0) is 24.6 Å². The number of aliphatic hydroxyl groups excluding tert-OH is 1. The molecule has 0 radical (unpaired) electrons. The van der Waals surface area contributed by atoms with Gasteiger partial charge in [-0.3, -0.25) is 14.7 Å². The zero-order valence-corrected chi connectivity index (χ0v) is 21.0. The van der Waals surface area contributed by atoms with E-state index in [9.17, 15) is 9.90 Å². The Hall–Kier alpha value is -1.63. The summed E-state index contributed by atoms with van der Waals surface area (Å²) in [6, 6.07) is 7.36. The highest BCUT2D eigenvalue weighted by Gasteiger charge is 2.21. The predicted molar refractivity (Wildman–Crippen MR) is 132 cm³/mol. The number of methoxy groups -OCH3 is 2. The van der Waals surface area contributed by atoms with Crippen LogP contribution in [0.25, 0.3) is 0 Å². The molecule has 1 atom stereocenters. The lowest BCUT2D eigenvalue weighted by molar-refractivity contribution is -0.122. The van der Waals surface area contributed by atoms with Crippen LogP contribution in [0.5, 0.6) is 5.75 Å². The SMILES string of the molecule is CCNC(=NCC(O)c1ccc(OC)cc1)N1CCN(CC(=O)NCCOC)CC1.I. The number of aliphatic imine (C=N–C) groups is 1. The first-order chi connectivity index (χ1) is 14.6. The van der Waals surface area contributed by atoms with Crippen molar-refractivity contribution < 1.29 is 19.4 Å². The molecule has 10 heteroatoms. The van der Waals surface area contributed by atoms with E-state index in [4.69, 9.17) is 9.47 Å². The number of rotatable bonds is 10.